The molecule has 1 aliphatic carbocycles. The van der Waals surface area contributed by atoms with Gasteiger partial charge in [0.05, 0.1) is 18.7 Å². The van der Waals surface area contributed by atoms with Crippen LogP contribution in [0.15, 0.2) is 24.3 Å². The maximum absolute atomic E-state index is 12.1. The third kappa shape index (κ3) is 3.21. The predicted molar refractivity (Wildman–Crippen MR) is 86.6 cm³/mol. The average Bonchev–Trinajstić information content (AvgIpc) is 2.82. The number of carbonyl (C=O) groups is 1. The van der Waals surface area contributed by atoms with Crippen molar-refractivity contribution >= 4 is 5.91 Å². The SMILES string of the molecule is Cc1cccc(CC(=O)NCc2nn(C)c3c2CCCC3)c1. The van der Waals surface area contributed by atoms with Gasteiger partial charge in [-0.15, -0.1) is 0 Å². The zero-order chi connectivity index (χ0) is 15.5. The number of fused-ring (bicyclic) bond motifs is 1. The molecule has 0 unspecified atom stereocenters. The molecule has 116 valence electrons. The molecule has 1 amide bonds. The van der Waals surface area contributed by atoms with E-state index in [2.05, 4.69) is 16.5 Å². The highest BCUT2D eigenvalue weighted by atomic mass is 16.1. The lowest BCUT2D eigenvalue weighted by molar-refractivity contribution is -0.120. The molecule has 1 aromatic carbocycles. The van der Waals surface area contributed by atoms with E-state index < -0.39 is 0 Å². The molecule has 0 fully saturated rings. The molecule has 1 heterocycles. The molecule has 4 heteroatoms. The highest BCUT2D eigenvalue weighted by molar-refractivity contribution is 5.78. The third-order valence-electron chi connectivity index (χ3n) is 4.35. The number of hydrogen-bond donors (Lipinski definition) is 1. The topological polar surface area (TPSA) is 46.9 Å². The summed E-state index contributed by atoms with van der Waals surface area (Å²) in [6, 6.07) is 8.09. The molecule has 2 aromatic rings. The summed E-state index contributed by atoms with van der Waals surface area (Å²) in [6.07, 6.45) is 5.09. The Kier molecular flexibility index (Phi) is 4.27. The van der Waals surface area contributed by atoms with Crippen LogP contribution in [-0.4, -0.2) is 15.7 Å². The molecular weight excluding hydrogens is 274 g/mol. The zero-order valence-electron chi connectivity index (χ0n) is 13.4. The van der Waals surface area contributed by atoms with Crippen molar-refractivity contribution in [2.75, 3.05) is 0 Å². The van der Waals surface area contributed by atoms with Crippen molar-refractivity contribution < 1.29 is 4.79 Å². The summed E-state index contributed by atoms with van der Waals surface area (Å²) in [5.41, 5.74) is 5.97. The van der Waals surface area contributed by atoms with Crippen LogP contribution in [0.25, 0.3) is 0 Å². The summed E-state index contributed by atoms with van der Waals surface area (Å²) < 4.78 is 1.98. The summed E-state index contributed by atoms with van der Waals surface area (Å²) >= 11 is 0. The maximum Gasteiger partial charge on any atom is 0.224 e. The molecule has 0 saturated heterocycles. The van der Waals surface area contributed by atoms with E-state index in [4.69, 9.17) is 0 Å². The van der Waals surface area contributed by atoms with Crippen LogP contribution in [-0.2, 0) is 37.6 Å². The second-order valence-electron chi connectivity index (χ2n) is 6.15. The number of aromatic nitrogens is 2. The summed E-state index contributed by atoms with van der Waals surface area (Å²) in [7, 11) is 2.00. The number of amides is 1. The number of benzene rings is 1. The van der Waals surface area contributed by atoms with E-state index in [-0.39, 0.29) is 5.91 Å². The van der Waals surface area contributed by atoms with Gasteiger partial charge in [-0.3, -0.25) is 9.48 Å². The first kappa shape index (κ1) is 14.8. The molecule has 22 heavy (non-hydrogen) atoms. The van der Waals surface area contributed by atoms with Crippen molar-refractivity contribution in [1.29, 1.82) is 0 Å². The fourth-order valence-corrected chi connectivity index (χ4v) is 3.25. The molecule has 0 saturated carbocycles. The number of aryl methyl sites for hydroxylation is 2. The highest BCUT2D eigenvalue weighted by Gasteiger charge is 2.19. The lowest BCUT2D eigenvalue weighted by Gasteiger charge is -2.12. The standard InChI is InChI=1S/C18H23N3O/c1-13-6-5-7-14(10-13)11-18(22)19-12-16-15-8-3-4-9-17(15)21(2)20-16/h5-7,10H,3-4,8-9,11-12H2,1-2H3,(H,19,22). The number of hydrogen-bond acceptors (Lipinski definition) is 2. The molecule has 3 rings (SSSR count). The Balaban J connectivity index is 1.62. The van der Waals surface area contributed by atoms with Crippen molar-refractivity contribution in [1.82, 2.24) is 15.1 Å². The number of nitrogens with one attached hydrogen (secondary N) is 1. The van der Waals surface area contributed by atoms with E-state index >= 15 is 0 Å². The number of carbonyl (C=O) groups excluding carboxylic acids is 1. The predicted octanol–water partition coefficient (Wildman–Crippen LogP) is 2.47. The van der Waals surface area contributed by atoms with E-state index in [1.165, 1.54) is 29.7 Å². The van der Waals surface area contributed by atoms with Gasteiger partial charge < -0.3 is 5.32 Å². The maximum atomic E-state index is 12.1. The van der Waals surface area contributed by atoms with Crippen molar-refractivity contribution in [3.8, 4) is 0 Å². The van der Waals surface area contributed by atoms with Gasteiger partial charge in [0.15, 0.2) is 0 Å². The Morgan fingerprint density at radius 2 is 2.14 bits per heavy atom. The van der Waals surface area contributed by atoms with Crippen LogP contribution >= 0.6 is 0 Å². The van der Waals surface area contributed by atoms with Crippen LogP contribution in [0, 0.1) is 6.92 Å². The van der Waals surface area contributed by atoms with Gasteiger partial charge in [0.2, 0.25) is 5.91 Å². The molecule has 1 aliphatic rings. The molecule has 0 aliphatic heterocycles. The Morgan fingerprint density at radius 3 is 2.95 bits per heavy atom. The highest BCUT2D eigenvalue weighted by Crippen LogP contribution is 2.23. The van der Waals surface area contributed by atoms with E-state index in [0.717, 1.165) is 24.1 Å². The largest absolute Gasteiger partial charge is 0.350 e. The molecule has 1 aromatic heterocycles. The molecule has 0 atom stereocenters. The van der Waals surface area contributed by atoms with Crippen molar-refractivity contribution in [2.24, 2.45) is 7.05 Å². The van der Waals surface area contributed by atoms with Gasteiger partial charge >= 0.3 is 0 Å². The average molecular weight is 297 g/mol. The van der Waals surface area contributed by atoms with Gasteiger partial charge in [-0.2, -0.15) is 5.10 Å². The lowest BCUT2D eigenvalue weighted by atomic mass is 9.95. The molecular formula is C18H23N3O. The van der Waals surface area contributed by atoms with Crippen LogP contribution < -0.4 is 5.32 Å². The second-order valence-corrected chi connectivity index (χ2v) is 6.15. The summed E-state index contributed by atoms with van der Waals surface area (Å²) in [4.78, 5) is 12.1. The lowest BCUT2D eigenvalue weighted by Crippen LogP contribution is -2.25. The van der Waals surface area contributed by atoms with Gasteiger partial charge in [-0.05, 0) is 43.7 Å². The number of nitrogens with zero attached hydrogens (tertiary/aromatic N) is 2. The first-order valence-corrected chi connectivity index (χ1v) is 7.99. The van der Waals surface area contributed by atoms with E-state index in [9.17, 15) is 4.79 Å². The zero-order valence-corrected chi connectivity index (χ0v) is 13.4. The molecule has 0 bridgehead atoms. The quantitative estimate of drug-likeness (QED) is 0.942. The van der Waals surface area contributed by atoms with Crippen LogP contribution in [0.4, 0.5) is 0 Å². The normalized spacial score (nSPS) is 13.7. The van der Waals surface area contributed by atoms with Crippen LogP contribution in [0.5, 0.6) is 0 Å². The van der Waals surface area contributed by atoms with Crippen LogP contribution in [0.1, 0.15) is 40.9 Å². The minimum absolute atomic E-state index is 0.0563. The Labute approximate surface area is 131 Å². The third-order valence-corrected chi connectivity index (χ3v) is 4.35. The minimum Gasteiger partial charge on any atom is -0.350 e. The first-order valence-electron chi connectivity index (χ1n) is 7.99. The summed E-state index contributed by atoms with van der Waals surface area (Å²) in [6.45, 7) is 2.58. The first-order chi connectivity index (χ1) is 10.6. The van der Waals surface area contributed by atoms with E-state index in [1.54, 1.807) is 0 Å². The Bertz CT molecular complexity index is 688. The van der Waals surface area contributed by atoms with E-state index in [1.807, 2.05) is 36.9 Å². The number of rotatable bonds is 4. The van der Waals surface area contributed by atoms with Crippen molar-refractivity contribution in [3.63, 3.8) is 0 Å². The van der Waals surface area contributed by atoms with Gasteiger partial charge in [-0.25, -0.2) is 0 Å². The summed E-state index contributed by atoms with van der Waals surface area (Å²) in [5.74, 6) is 0.0563. The molecule has 0 spiro atoms. The fourth-order valence-electron chi connectivity index (χ4n) is 3.25. The van der Waals surface area contributed by atoms with Gasteiger partial charge in [0.1, 0.15) is 0 Å². The summed E-state index contributed by atoms with van der Waals surface area (Å²) in [5, 5.41) is 7.60. The van der Waals surface area contributed by atoms with Gasteiger partial charge in [0, 0.05) is 12.7 Å². The molecule has 1 N–H and O–H groups in total. The molecule has 4 nitrogen and oxygen atoms in total. The smallest absolute Gasteiger partial charge is 0.224 e. The van der Waals surface area contributed by atoms with Gasteiger partial charge in [0.25, 0.3) is 0 Å². The second kappa shape index (κ2) is 6.34. The van der Waals surface area contributed by atoms with E-state index in [0.29, 0.717) is 13.0 Å². The van der Waals surface area contributed by atoms with Crippen LogP contribution in [0.2, 0.25) is 0 Å². The minimum atomic E-state index is 0.0563. The molecule has 0 radical (unpaired) electrons. The Hall–Kier alpha value is -2.10. The van der Waals surface area contributed by atoms with Crippen LogP contribution in [0.3, 0.4) is 0 Å². The van der Waals surface area contributed by atoms with Crippen molar-refractivity contribution in [3.05, 3.63) is 52.3 Å². The monoisotopic (exact) mass is 297 g/mol. The Morgan fingerprint density at radius 1 is 1.32 bits per heavy atom. The van der Waals surface area contributed by atoms with Crippen molar-refractivity contribution in [2.45, 2.75) is 45.6 Å². The van der Waals surface area contributed by atoms with Gasteiger partial charge in [-0.1, -0.05) is 29.8 Å². The fraction of sp³-hybridized carbons (Fsp3) is 0.444.